The van der Waals surface area contributed by atoms with Gasteiger partial charge in [-0.3, -0.25) is 24.1 Å². The zero-order valence-corrected chi connectivity index (χ0v) is 16.3. The number of esters is 1. The first-order chi connectivity index (χ1) is 14.0. The predicted molar refractivity (Wildman–Crippen MR) is 107 cm³/mol. The lowest BCUT2D eigenvalue weighted by Gasteiger charge is -2.47. The van der Waals surface area contributed by atoms with E-state index in [2.05, 4.69) is 0 Å². The van der Waals surface area contributed by atoms with Crippen LogP contribution in [0.15, 0.2) is 66.0 Å². The van der Waals surface area contributed by atoms with Gasteiger partial charge < -0.3 is 4.74 Å². The molecule has 1 amide bonds. The van der Waals surface area contributed by atoms with E-state index < -0.39 is 10.9 Å². The van der Waals surface area contributed by atoms with Crippen LogP contribution in [0.2, 0.25) is 0 Å². The van der Waals surface area contributed by atoms with Gasteiger partial charge in [-0.1, -0.05) is 18.2 Å². The van der Waals surface area contributed by atoms with Crippen molar-refractivity contribution in [1.82, 2.24) is 4.90 Å². The molecule has 9 heteroatoms. The lowest BCUT2D eigenvalue weighted by atomic mass is 10.1. The molecular formula is C20H17N3O5S. The Kier molecular flexibility index (Phi) is 4.98. The van der Waals surface area contributed by atoms with Crippen molar-refractivity contribution in [2.45, 2.75) is 25.3 Å². The predicted octanol–water partition coefficient (Wildman–Crippen LogP) is 3.60. The van der Waals surface area contributed by atoms with Gasteiger partial charge in [-0.25, -0.2) is 4.79 Å². The van der Waals surface area contributed by atoms with Crippen molar-refractivity contribution in [3.05, 3.63) is 81.7 Å². The summed E-state index contributed by atoms with van der Waals surface area (Å²) >= 11 is 1.50. The fraction of sp³-hybridized carbons (Fsp3) is 0.200. The second-order valence-corrected chi connectivity index (χ2v) is 7.71. The largest absolute Gasteiger partial charge is 0.456 e. The third-order valence-electron chi connectivity index (χ3n) is 4.72. The highest BCUT2D eigenvalue weighted by Gasteiger charge is 2.48. The highest BCUT2D eigenvalue weighted by Crippen LogP contribution is 2.45. The van der Waals surface area contributed by atoms with E-state index in [9.17, 15) is 19.7 Å². The maximum Gasteiger partial charge on any atom is 0.357 e. The number of hydrogen-bond donors (Lipinski definition) is 0. The molecule has 0 bridgehead atoms. The van der Waals surface area contributed by atoms with Gasteiger partial charge in [-0.05, 0) is 48.7 Å². The number of carbonyl (C=O) groups excluding carboxylic acids is 2. The number of allylic oxidation sites excluding steroid dienone is 1. The van der Waals surface area contributed by atoms with Crippen molar-refractivity contribution in [2.24, 2.45) is 0 Å². The normalized spacial score (nSPS) is 18.2. The molecule has 2 aliphatic rings. The molecule has 1 fully saturated rings. The van der Waals surface area contributed by atoms with Crippen LogP contribution < -0.4 is 4.31 Å². The molecule has 1 atom stereocenters. The molecule has 0 aliphatic carbocycles. The summed E-state index contributed by atoms with van der Waals surface area (Å²) in [5.74, 6) is -0.711. The Morgan fingerprint density at radius 2 is 1.90 bits per heavy atom. The minimum Gasteiger partial charge on any atom is -0.456 e. The second kappa shape index (κ2) is 7.59. The van der Waals surface area contributed by atoms with Crippen LogP contribution in [-0.4, -0.2) is 27.1 Å². The fourth-order valence-corrected chi connectivity index (χ4v) is 4.47. The molecule has 0 aromatic heterocycles. The number of rotatable bonds is 5. The summed E-state index contributed by atoms with van der Waals surface area (Å²) in [6.45, 7) is 1.74. The molecular weight excluding hydrogens is 394 g/mol. The highest BCUT2D eigenvalue weighted by molar-refractivity contribution is 8.01. The third kappa shape index (κ3) is 3.56. The summed E-state index contributed by atoms with van der Waals surface area (Å²) in [7, 11) is 0. The van der Waals surface area contributed by atoms with Crippen LogP contribution in [0.4, 0.5) is 11.4 Å². The van der Waals surface area contributed by atoms with E-state index in [0.717, 1.165) is 5.69 Å². The Hall–Kier alpha value is -3.33. The maximum absolute atomic E-state index is 12.9. The number of hydrogen-bond acceptors (Lipinski definition) is 7. The number of nitro groups is 1. The summed E-state index contributed by atoms with van der Waals surface area (Å²) < 4.78 is 7.37. The third-order valence-corrected chi connectivity index (χ3v) is 6.04. The van der Waals surface area contributed by atoms with Gasteiger partial charge in [0, 0.05) is 12.1 Å². The lowest BCUT2D eigenvalue weighted by molar-refractivity contribution is -0.384. The average molecular weight is 411 g/mol. The van der Waals surface area contributed by atoms with Gasteiger partial charge in [-0.15, -0.1) is 0 Å². The monoisotopic (exact) mass is 411 g/mol. The number of benzene rings is 2. The van der Waals surface area contributed by atoms with Gasteiger partial charge in [0.25, 0.3) is 5.69 Å². The molecule has 2 heterocycles. The van der Waals surface area contributed by atoms with Gasteiger partial charge in [0.2, 0.25) is 5.91 Å². The minimum atomic E-state index is -0.597. The molecule has 0 unspecified atom stereocenters. The molecule has 0 N–H and O–H groups in total. The number of amides is 1. The van der Waals surface area contributed by atoms with Crippen LogP contribution in [0.3, 0.4) is 0 Å². The first-order valence-electron chi connectivity index (χ1n) is 8.91. The maximum atomic E-state index is 12.9. The van der Waals surface area contributed by atoms with E-state index in [1.54, 1.807) is 6.92 Å². The quantitative estimate of drug-likeness (QED) is 0.244. The molecule has 0 spiro atoms. The van der Waals surface area contributed by atoms with Crippen LogP contribution in [-0.2, 0) is 20.9 Å². The number of β-lactam (4-membered cyclic amide) rings is 1. The Bertz CT molecular complexity index is 1010. The minimum absolute atomic E-state index is 0.0320. The van der Waals surface area contributed by atoms with E-state index in [-0.39, 0.29) is 29.3 Å². The summed E-state index contributed by atoms with van der Waals surface area (Å²) in [5.41, 5.74) is 2.36. The van der Waals surface area contributed by atoms with Gasteiger partial charge >= 0.3 is 5.97 Å². The molecule has 1 saturated heterocycles. The van der Waals surface area contributed by atoms with Crippen LogP contribution in [0.25, 0.3) is 0 Å². The standard InChI is InChI=1S/C20H17N3O5S/c1-13-19(20(25)28-12-14-7-9-16(10-8-14)23(26)27)21-17(24)11-18(21)29-22(13)15-5-3-2-4-6-15/h2-10,18H,11-12H2,1H3/t18-/m1/s1. The van der Waals surface area contributed by atoms with Crippen molar-refractivity contribution < 1.29 is 19.2 Å². The number of nitro benzene ring substituents is 1. The van der Waals surface area contributed by atoms with Crippen LogP contribution in [0, 0.1) is 10.1 Å². The van der Waals surface area contributed by atoms with E-state index in [0.29, 0.717) is 17.7 Å². The highest BCUT2D eigenvalue weighted by atomic mass is 32.2. The topological polar surface area (TPSA) is 93.0 Å². The first-order valence-corrected chi connectivity index (χ1v) is 9.74. The van der Waals surface area contributed by atoms with E-state index >= 15 is 0 Å². The molecule has 8 nitrogen and oxygen atoms in total. The summed E-state index contributed by atoms with van der Waals surface area (Å²) in [6.07, 6.45) is 0.362. The smallest absolute Gasteiger partial charge is 0.357 e. The van der Waals surface area contributed by atoms with E-state index in [4.69, 9.17) is 4.74 Å². The van der Waals surface area contributed by atoms with E-state index in [1.807, 2.05) is 34.6 Å². The molecule has 2 aromatic carbocycles. The molecule has 148 valence electrons. The van der Waals surface area contributed by atoms with E-state index in [1.165, 1.54) is 41.1 Å². The summed E-state index contributed by atoms with van der Waals surface area (Å²) in [6, 6.07) is 15.4. The lowest BCUT2D eigenvalue weighted by Crippen LogP contribution is -2.56. The SMILES string of the molecule is CC1=C(C(=O)OCc2ccc([N+](=O)[O-])cc2)N2C(=O)C[C@H]2SN1c1ccccc1. The number of nitrogens with zero attached hydrogens (tertiary/aromatic N) is 3. The van der Waals surface area contributed by atoms with Gasteiger partial charge in [-0.2, -0.15) is 0 Å². The van der Waals surface area contributed by atoms with Crippen LogP contribution >= 0.6 is 11.9 Å². The van der Waals surface area contributed by atoms with Crippen molar-refractivity contribution in [3.63, 3.8) is 0 Å². The van der Waals surface area contributed by atoms with Gasteiger partial charge in [0.1, 0.15) is 12.0 Å². The van der Waals surface area contributed by atoms with Crippen LogP contribution in [0.5, 0.6) is 0 Å². The number of carbonyl (C=O) groups is 2. The average Bonchev–Trinajstić information content (AvgIpc) is 2.73. The molecule has 2 aromatic rings. The molecule has 0 saturated carbocycles. The van der Waals surface area contributed by atoms with Crippen molar-refractivity contribution in [3.8, 4) is 0 Å². The molecule has 29 heavy (non-hydrogen) atoms. The summed E-state index contributed by atoms with van der Waals surface area (Å²) in [4.78, 5) is 36.7. The molecule has 0 radical (unpaired) electrons. The molecule has 4 rings (SSSR count). The zero-order chi connectivity index (χ0) is 20.5. The fourth-order valence-electron chi connectivity index (χ4n) is 3.21. The Labute approximate surface area is 171 Å². The Morgan fingerprint density at radius 3 is 2.52 bits per heavy atom. The van der Waals surface area contributed by atoms with Crippen molar-refractivity contribution >= 4 is 35.2 Å². The molecule has 2 aliphatic heterocycles. The number of ether oxygens (including phenoxy) is 1. The first kappa shape index (κ1) is 19.0. The summed E-state index contributed by atoms with van der Waals surface area (Å²) in [5, 5.41) is 10.6. The van der Waals surface area contributed by atoms with Gasteiger partial charge in [0.15, 0.2) is 5.70 Å². The second-order valence-electron chi connectivity index (χ2n) is 6.59. The number of anilines is 1. The number of non-ortho nitro benzene ring substituents is 1. The van der Waals surface area contributed by atoms with Crippen molar-refractivity contribution in [1.29, 1.82) is 0 Å². The number of fused-ring (bicyclic) bond motifs is 1. The van der Waals surface area contributed by atoms with Crippen molar-refractivity contribution in [2.75, 3.05) is 4.31 Å². The van der Waals surface area contributed by atoms with Crippen LogP contribution in [0.1, 0.15) is 18.9 Å². The Morgan fingerprint density at radius 1 is 1.21 bits per heavy atom. The Balaban J connectivity index is 1.56. The van der Waals surface area contributed by atoms with Gasteiger partial charge in [0.05, 0.1) is 22.7 Å². The zero-order valence-electron chi connectivity index (χ0n) is 15.5. The number of para-hydroxylation sites is 1.